The maximum Gasteiger partial charge on any atom is 0.304 e. The van der Waals surface area contributed by atoms with E-state index in [-0.39, 0.29) is 12.5 Å². The molecule has 0 aliphatic heterocycles. The van der Waals surface area contributed by atoms with Crippen molar-refractivity contribution in [2.24, 2.45) is 0 Å². The van der Waals surface area contributed by atoms with Crippen molar-refractivity contribution in [3.63, 3.8) is 0 Å². The molecular weight excluding hydrogens is 242 g/mol. The Hall–Kier alpha value is -1.39. The van der Waals surface area contributed by atoms with Gasteiger partial charge in [-0.25, -0.2) is 0 Å². The molecule has 4 heteroatoms. The third-order valence-corrected chi connectivity index (χ3v) is 2.85. The summed E-state index contributed by atoms with van der Waals surface area (Å²) in [5.41, 5.74) is 1.16. The first kappa shape index (κ1) is 15.7. The fraction of sp³-hybridized carbons (Fsp3) is 0.533. The molecular formula is C15H23NO3. The van der Waals surface area contributed by atoms with Crippen molar-refractivity contribution in [1.29, 1.82) is 0 Å². The van der Waals surface area contributed by atoms with Gasteiger partial charge in [0, 0.05) is 19.3 Å². The van der Waals surface area contributed by atoms with Crippen LogP contribution in [0.4, 0.5) is 0 Å². The topological polar surface area (TPSA) is 58.6 Å². The van der Waals surface area contributed by atoms with Crippen molar-refractivity contribution in [3.8, 4) is 0 Å². The Labute approximate surface area is 114 Å². The lowest BCUT2D eigenvalue weighted by atomic mass is 10.0. The molecule has 0 bridgehead atoms. The summed E-state index contributed by atoms with van der Waals surface area (Å²) in [5.74, 6) is -0.766. The monoisotopic (exact) mass is 265 g/mol. The standard InChI is InChI=1S/C15H23NO3/c1-2-19-10-6-9-16-14(12-15(17)18)11-13-7-4-3-5-8-13/h3-5,7-8,14,16H,2,6,9-12H2,1H3,(H,17,18). The van der Waals surface area contributed by atoms with Crippen molar-refractivity contribution in [2.45, 2.75) is 32.2 Å². The molecule has 1 aromatic rings. The minimum Gasteiger partial charge on any atom is -0.481 e. The molecule has 1 aromatic carbocycles. The molecule has 0 aromatic heterocycles. The summed E-state index contributed by atoms with van der Waals surface area (Å²) in [5, 5.41) is 12.2. The van der Waals surface area contributed by atoms with Gasteiger partial charge < -0.3 is 15.2 Å². The number of ether oxygens (including phenoxy) is 1. The Kier molecular flexibility index (Phi) is 7.86. The average molecular weight is 265 g/mol. The number of benzene rings is 1. The summed E-state index contributed by atoms with van der Waals surface area (Å²) in [6.45, 7) is 4.19. The molecule has 0 spiro atoms. The molecule has 0 saturated heterocycles. The molecule has 0 radical (unpaired) electrons. The van der Waals surface area contributed by atoms with Gasteiger partial charge in [0.05, 0.1) is 6.42 Å². The van der Waals surface area contributed by atoms with Crippen molar-refractivity contribution in [1.82, 2.24) is 5.32 Å². The third-order valence-electron chi connectivity index (χ3n) is 2.85. The highest BCUT2D eigenvalue weighted by molar-refractivity contribution is 5.67. The van der Waals surface area contributed by atoms with Crippen LogP contribution in [0.5, 0.6) is 0 Å². The number of carboxylic acids is 1. The lowest BCUT2D eigenvalue weighted by molar-refractivity contribution is -0.137. The number of aliphatic carboxylic acids is 1. The van der Waals surface area contributed by atoms with E-state index in [9.17, 15) is 4.79 Å². The first-order valence-electron chi connectivity index (χ1n) is 6.79. The van der Waals surface area contributed by atoms with Crippen molar-refractivity contribution >= 4 is 5.97 Å². The highest BCUT2D eigenvalue weighted by Gasteiger charge is 2.12. The largest absolute Gasteiger partial charge is 0.481 e. The Bertz CT molecular complexity index is 354. The van der Waals surface area contributed by atoms with Gasteiger partial charge in [0.25, 0.3) is 0 Å². The average Bonchev–Trinajstić information content (AvgIpc) is 2.39. The molecule has 1 atom stereocenters. The molecule has 19 heavy (non-hydrogen) atoms. The fourth-order valence-electron chi connectivity index (χ4n) is 1.95. The van der Waals surface area contributed by atoms with Crippen molar-refractivity contribution in [3.05, 3.63) is 35.9 Å². The summed E-state index contributed by atoms with van der Waals surface area (Å²) < 4.78 is 5.26. The Balaban J connectivity index is 2.36. The number of carboxylic acid groups (broad SMARTS) is 1. The summed E-state index contributed by atoms with van der Waals surface area (Å²) >= 11 is 0. The van der Waals surface area contributed by atoms with Crippen LogP contribution in [-0.2, 0) is 16.0 Å². The van der Waals surface area contributed by atoms with Crippen LogP contribution >= 0.6 is 0 Å². The molecule has 0 saturated carbocycles. The van der Waals surface area contributed by atoms with Crippen LogP contribution in [0.25, 0.3) is 0 Å². The number of hydrogen-bond donors (Lipinski definition) is 2. The van der Waals surface area contributed by atoms with Crippen LogP contribution in [0, 0.1) is 0 Å². The SMILES string of the molecule is CCOCCCNC(CC(=O)O)Cc1ccccc1. The maximum absolute atomic E-state index is 10.9. The second-order valence-electron chi connectivity index (χ2n) is 4.49. The Morgan fingerprint density at radius 3 is 2.74 bits per heavy atom. The van der Waals surface area contributed by atoms with Gasteiger partial charge in [0.15, 0.2) is 0 Å². The summed E-state index contributed by atoms with van der Waals surface area (Å²) in [4.78, 5) is 10.9. The second-order valence-corrected chi connectivity index (χ2v) is 4.49. The number of hydrogen-bond acceptors (Lipinski definition) is 3. The van der Waals surface area contributed by atoms with Gasteiger partial charge in [-0.15, -0.1) is 0 Å². The van der Waals surface area contributed by atoms with E-state index in [1.165, 1.54) is 0 Å². The van der Waals surface area contributed by atoms with Crippen LogP contribution in [-0.4, -0.2) is 36.9 Å². The summed E-state index contributed by atoms with van der Waals surface area (Å²) in [6.07, 6.45) is 1.78. The lowest BCUT2D eigenvalue weighted by Crippen LogP contribution is -2.34. The normalized spacial score (nSPS) is 12.3. The second kappa shape index (κ2) is 9.53. The number of carbonyl (C=O) groups is 1. The molecule has 0 fully saturated rings. The van der Waals surface area contributed by atoms with E-state index in [0.29, 0.717) is 6.61 Å². The molecule has 0 heterocycles. The van der Waals surface area contributed by atoms with E-state index in [1.807, 2.05) is 37.3 Å². The van der Waals surface area contributed by atoms with Crippen molar-refractivity contribution < 1.29 is 14.6 Å². The molecule has 2 N–H and O–H groups in total. The van der Waals surface area contributed by atoms with E-state index in [1.54, 1.807) is 0 Å². The zero-order valence-corrected chi connectivity index (χ0v) is 11.5. The molecule has 0 aliphatic carbocycles. The molecule has 1 rings (SSSR count). The molecule has 0 amide bonds. The predicted molar refractivity (Wildman–Crippen MR) is 75.3 cm³/mol. The zero-order chi connectivity index (χ0) is 13.9. The number of nitrogens with one attached hydrogen (secondary N) is 1. The van der Waals surface area contributed by atoms with E-state index in [0.717, 1.165) is 31.6 Å². The predicted octanol–water partition coefficient (Wildman–Crippen LogP) is 2.09. The minimum absolute atomic E-state index is 0.0264. The lowest BCUT2D eigenvalue weighted by Gasteiger charge is -2.17. The van der Waals surface area contributed by atoms with E-state index in [2.05, 4.69) is 5.32 Å². The van der Waals surface area contributed by atoms with Crippen LogP contribution < -0.4 is 5.32 Å². The van der Waals surface area contributed by atoms with Crippen LogP contribution in [0.15, 0.2) is 30.3 Å². The van der Waals surface area contributed by atoms with Gasteiger partial charge in [0.1, 0.15) is 0 Å². The maximum atomic E-state index is 10.9. The van der Waals surface area contributed by atoms with Gasteiger partial charge in [-0.1, -0.05) is 30.3 Å². The van der Waals surface area contributed by atoms with E-state index >= 15 is 0 Å². The van der Waals surface area contributed by atoms with Crippen LogP contribution in [0.3, 0.4) is 0 Å². The summed E-state index contributed by atoms with van der Waals surface area (Å²) in [6, 6.07) is 9.94. The highest BCUT2D eigenvalue weighted by atomic mass is 16.5. The van der Waals surface area contributed by atoms with Gasteiger partial charge in [-0.2, -0.15) is 0 Å². The van der Waals surface area contributed by atoms with Gasteiger partial charge in [-0.05, 0) is 31.9 Å². The minimum atomic E-state index is -0.766. The molecule has 1 unspecified atom stereocenters. The summed E-state index contributed by atoms with van der Waals surface area (Å²) in [7, 11) is 0. The Morgan fingerprint density at radius 1 is 1.37 bits per heavy atom. The Morgan fingerprint density at radius 2 is 2.11 bits per heavy atom. The number of rotatable bonds is 10. The third kappa shape index (κ3) is 7.59. The molecule has 106 valence electrons. The first-order chi connectivity index (χ1) is 9.22. The van der Waals surface area contributed by atoms with Crippen LogP contribution in [0.2, 0.25) is 0 Å². The van der Waals surface area contributed by atoms with Gasteiger partial charge in [0.2, 0.25) is 0 Å². The fourth-order valence-corrected chi connectivity index (χ4v) is 1.95. The van der Waals surface area contributed by atoms with Gasteiger partial charge >= 0.3 is 5.97 Å². The van der Waals surface area contributed by atoms with E-state index in [4.69, 9.17) is 9.84 Å². The first-order valence-corrected chi connectivity index (χ1v) is 6.79. The molecule has 0 aliphatic rings. The van der Waals surface area contributed by atoms with Crippen molar-refractivity contribution in [2.75, 3.05) is 19.8 Å². The quantitative estimate of drug-likeness (QED) is 0.636. The smallest absolute Gasteiger partial charge is 0.304 e. The molecule has 4 nitrogen and oxygen atoms in total. The van der Waals surface area contributed by atoms with Crippen LogP contribution in [0.1, 0.15) is 25.3 Å². The zero-order valence-electron chi connectivity index (χ0n) is 11.5. The van der Waals surface area contributed by atoms with Gasteiger partial charge in [-0.3, -0.25) is 4.79 Å². The highest BCUT2D eigenvalue weighted by Crippen LogP contribution is 2.06. The van der Waals surface area contributed by atoms with E-state index < -0.39 is 5.97 Å².